The molecule has 158 valence electrons. The second-order valence-electron chi connectivity index (χ2n) is 9.08. The van der Waals surface area contributed by atoms with Crippen molar-refractivity contribution in [2.45, 2.75) is 66.0 Å². The van der Waals surface area contributed by atoms with Gasteiger partial charge in [0.15, 0.2) is 17.6 Å². The van der Waals surface area contributed by atoms with Gasteiger partial charge in [-0.2, -0.15) is 0 Å². The van der Waals surface area contributed by atoms with Crippen LogP contribution in [0.1, 0.15) is 53.5 Å². The molecule has 28 heavy (non-hydrogen) atoms. The zero-order chi connectivity index (χ0) is 21.5. The number of amides is 2. The topological polar surface area (TPSA) is 96.9 Å². The van der Waals surface area contributed by atoms with Crippen molar-refractivity contribution < 1.29 is 24.2 Å². The molecule has 0 radical (unpaired) electrons. The predicted octanol–water partition coefficient (Wildman–Crippen LogP) is 3.39. The second-order valence-corrected chi connectivity index (χ2v) is 9.08. The molecule has 0 saturated heterocycles. The van der Waals surface area contributed by atoms with E-state index < -0.39 is 17.7 Å². The third-order valence-electron chi connectivity index (χ3n) is 3.77. The van der Waals surface area contributed by atoms with E-state index in [0.717, 1.165) is 5.56 Å². The van der Waals surface area contributed by atoms with Gasteiger partial charge >= 0.3 is 6.09 Å². The standard InChI is InChI=1S/C21H34N2O5/c1-20(2,3)13-17(28-19(26)23-21(4,5)6)18(25)22-11-10-14-8-9-16(27-7)15(24)12-14/h8-9,12,17,24H,10-11,13H2,1-7H3,(H,22,25)(H,23,26)/t17-/m1/s1. The maximum Gasteiger partial charge on any atom is 0.408 e. The Morgan fingerprint density at radius 2 is 1.79 bits per heavy atom. The molecule has 0 fully saturated rings. The number of benzene rings is 1. The van der Waals surface area contributed by atoms with Gasteiger partial charge in [0, 0.05) is 12.1 Å². The summed E-state index contributed by atoms with van der Waals surface area (Å²) in [7, 11) is 1.49. The number of aromatic hydroxyl groups is 1. The number of carbonyl (C=O) groups is 2. The van der Waals surface area contributed by atoms with Crippen LogP contribution in [0.15, 0.2) is 18.2 Å². The number of phenols is 1. The summed E-state index contributed by atoms with van der Waals surface area (Å²) in [5.41, 5.74) is 0.222. The van der Waals surface area contributed by atoms with Crippen molar-refractivity contribution in [1.82, 2.24) is 10.6 Å². The van der Waals surface area contributed by atoms with Crippen LogP contribution in [0.25, 0.3) is 0 Å². The maximum absolute atomic E-state index is 12.6. The first kappa shape index (κ1) is 23.6. The van der Waals surface area contributed by atoms with E-state index in [0.29, 0.717) is 25.1 Å². The van der Waals surface area contributed by atoms with Crippen molar-refractivity contribution in [3.63, 3.8) is 0 Å². The molecular weight excluding hydrogens is 360 g/mol. The van der Waals surface area contributed by atoms with Crippen molar-refractivity contribution in [3.8, 4) is 11.5 Å². The van der Waals surface area contributed by atoms with Crippen molar-refractivity contribution in [2.75, 3.05) is 13.7 Å². The van der Waals surface area contributed by atoms with Crippen LogP contribution in [0.3, 0.4) is 0 Å². The zero-order valence-electron chi connectivity index (χ0n) is 18.0. The molecule has 0 aliphatic rings. The van der Waals surface area contributed by atoms with Crippen LogP contribution in [0.5, 0.6) is 11.5 Å². The summed E-state index contributed by atoms with van der Waals surface area (Å²) in [6.07, 6.45) is -0.567. The van der Waals surface area contributed by atoms with Crippen LogP contribution in [0, 0.1) is 5.41 Å². The van der Waals surface area contributed by atoms with Crippen LogP contribution in [-0.4, -0.2) is 42.4 Å². The summed E-state index contributed by atoms with van der Waals surface area (Å²) in [5.74, 6) is 0.118. The Hall–Kier alpha value is -2.44. The van der Waals surface area contributed by atoms with Gasteiger partial charge in [0.25, 0.3) is 5.91 Å². The molecule has 7 nitrogen and oxygen atoms in total. The molecular formula is C21H34N2O5. The molecule has 0 spiro atoms. The van der Waals surface area contributed by atoms with E-state index in [2.05, 4.69) is 10.6 Å². The Morgan fingerprint density at radius 3 is 2.29 bits per heavy atom. The molecule has 0 bridgehead atoms. The van der Waals surface area contributed by atoms with Crippen LogP contribution >= 0.6 is 0 Å². The third-order valence-corrected chi connectivity index (χ3v) is 3.77. The van der Waals surface area contributed by atoms with Gasteiger partial charge in [0.05, 0.1) is 7.11 Å². The molecule has 0 unspecified atom stereocenters. The van der Waals surface area contributed by atoms with E-state index in [9.17, 15) is 14.7 Å². The van der Waals surface area contributed by atoms with E-state index in [4.69, 9.17) is 9.47 Å². The lowest BCUT2D eigenvalue weighted by molar-refractivity contribution is -0.131. The third kappa shape index (κ3) is 8.97. The molecule has 7 heteroatoms. The van der Waals surface area contributed by atoms with Crippen LogP contribution < -0.4 is 15.4 Å². The molecule has 0 saturated carbocycles. The quantitative estimate of drug-likeness (QED) is 0.659. The molecule has 1 rings (SSSR count). The fourth-order valence-corrected chi connectivity index (χ4v) is 2.54. The summed E-state index contributed by atoms with van der Waals surface area (Å²) in [6, 6.07) is 5.10. The lowest BCUT2D eigenvalue weighted by Gasteiger charge is -2.27. The van der Waals surface area contributed by atoms with Gasteiger partial charge in [-0.15, -0.1) is 0 Å². The second kappa shape index (κ2) is 9.66. The highest BCUT2D eigenvalue weighted by atomic mass is 16.6. The number of hydrogen-bond acceptors (Lipinski definition) is 5. The average molecular weight is 395 g/mol. The Balaban J connectivity index is 2.67. The summed E-state index contributed by atoms with van der Waals surface area (Å²) < 4.78 is 10.4. The molecule has 0 aliphatic heterocycles. The lowest BCUT2D eigenvalue weighted by Crippen LogP contribution is -2.46. The predicted molar refractivity (Wildman–Crippen MR) is 109 cm³/mol. The highest BCUT2D eigenvalue weighted by Crippen LogP contribution is 2.26. The number of hydrogen-bond donors (Lipinski definition) is 3. The van der Waals surface area contributed by atoms with E-state index in [1.165, 1.54) is 7.11 Å². The molecule has 1 aromatic rings. The lowest BCUT2D eigenvalue weighted by atomic mass is 9.89. The van der Waals surface area contributed by atoms with Crippen LogP contribution in [0.4, 0.5) is 4.79 Å². The van der Waals surface area contributed by atoms with E-state index in [-0.39, 0.29) is 17.1 Å². The molecule has 0 aliphatic carbocycles. The first-order chi connectivity index (χ1) is 12.8. The van der Waals surface area contributed by atoms with Gasteiger partial charge in [-0.05, 0) is 56.7 Å². The highest BCUT2D eigenvalue weighted by molar-refractivity contribution is 5.83. The van der Waals surface area contributed by atoms with Crippen molar-refractivity contribution in [1.29, 1.82) is 0 Å². The van der Waals surface area contributed by atoms with Crippen molar-refractivity contribution in [2.24, 2.45) is 5.41 Å². The smallest absolute Gasteiger partial charge is 0.408 e. The van der Waals surface area contributed by atoms with Crippen LogP contribution in [-0.2, 0) is 16.0 Å². The minimum absolute atomic E-state index is 0.0547. The largest absolute Gasteiger partial charge is 0.504 e. The Bertz CT molecular complexity index is 674. The number of phenolic OH excluding ortho intramolecular Hbond substituents is 1. The number of alkyl carbamates (subject to hydrolysis) is 1. The zero-order valence-corrected chi connectivity index (χ0v) is 18.0. The van der Waals surface area contributed by atoms with Gasteiger partial charge < -0.3 is 25.2 Å². The fourth-order valence-electron chi connectivity index (χ4n) is 2.54. The average Bonchev–Trinajstić information content (AvgIpc) is 2.51. The number of carbonyl (C=O) groups excluding carboxylic acids is 2. The van der Waals surface area contributed by atoms with Crippen LogP contribution in [0.2, 0.25) is 0 Å². The molecule has 0 heterocycles. The van der Waals surface area contributed by atoms with E-state index in [1.807, 2.05) is 47.6 Å². The highest BCUT2D eigenvalue weighted by Gasteiger charge is 2.29. The van der Waals surface area contributed by atoms with Crippen molar-refractivity contribution >= 4 is 12.0 Å². The Morgan fingerprint density at radius 1 is 1.14 bits per heavy atom. The number of rotatable bonds is 7. The molecule has 2 amide bonds. The number of nitrogens with one attached hydrogen (secondary N) is 2. The van der Waals surface area contributed by atoms with Gasteiger partial charge in [-0.1, -0.05) is 26.8 Å². The first-order valence-electron chi connectivity index (χ1n) is 9.43. The number of methoxy groups -OCH3 is 1. The summed E-state index contributed by atoms with van der Waals surface area (Å²) in [5, 5.41) is 15.4. The number of ether oxygens (including phenoxy) is 2. The van der Waals surface area contributed by atoms with Gasteiger partial charge in [0.2, 0.25) is 0 Å². The minimum atomic E-state index is -0.883. The van der Waals surface area contributed by atoms with Gasteiger partial charge in [-0.25, -0.2) is 4.79 Å². The normalized spacial score (nSPS) is 12.8. The summed E-state index contributed by atoms with van der Waals surface area (Å²) in [6.45, 7) is 11.8. The Kier molecular flexibility index (Phi) is 8.14. The minimum Gasteiger partial charge on any atom is -0.504 e. The molecule has 1 atom stereocenters. The van der Waals surface area contributed by atoms with Gasteiger partial charge in [0.1, 0.15) is 0 Å². The van der Waals surface area contributed by atoms with E-state index >= 15 is 0 Å². The summed E-state index contributed by atoms with van der Waals surface area (Å²) >= 11 is 0. The fraction of sp³-hybridized carbons (Fsp3) is 0.619. The monoisotopic (exact) mass is 394 g/mol. The molecule has 3 N–H and O–H groups in total. The van der Waals surface area contributed by atoms with E-state index in [1.54, 1.807) is 12.1 Å². The van der Waals surface area contributed by atoms with Crippen molar-refractivity contribution in [3.05, 3.63) is 23.8 Å². The molecule has 1 aromatic carbocycles. The Labute approximate surface area is 167 Å². The summed E-state index contributed by atoms with van der Waals surface area (Å²) in [4.78, 5) is 24.7. The van der Waals surface area contributed by atoms with Gasteiger partial charge in [-0.3, -0.25) is 4.79 Å². The SMILES string of the molecule is COc1ccc(CCNC(=O)[C@@H](CC(C)(C)C)OC(=O)NC(C)(C)C)cc1O. The molecule has 0 aromatic heterocycles. The maximum atomic E-state index is 12.6. The first-order valence-corrected chi connectivity index (χ1v) is 9.43.